The average molecular weight is 140 g/mol. The SMILES string of the molecule is COC(C)=CC(=O)NC#N. The first-order valence-corrected chi connectivity index (χ1v) is 2.62. The molecule has 0 aromatic heterocycles. The lowest BCUT2D eigenvalue weighted by Gasteiger charge is -1.95. The van der Waals surface area contributed by atoms with Gasteiger partial charge in [-0.15, -0.1) is 0 Å². The Hall–Kier alpha value is -1.50. The molecule has 1 N–H and O–H groups in total. The van der Waals surface area contributed by atoms with Crippen LogP contribution in [0.4, 0.5) is 0 Å². The largest absolute Gasteiger partial charge is 0.501 e. The maximum absolute atomic E-state index is 10.5. The molecule has 1 amide bonds. The zero-order chi connectivity index (χ0) is 7.98. The van der Waals surface area contributed by atoms with Gasteiger partial charge >= 0.3 is 0 Å². The average Bonchev–Trinajstić information content (AvgIpc) is 1.88. The van der Waals surface area contributed by atoms with E-state index in [4.69, 9.17) is 5.26 Å². The summed E-state index contributed by atoms with van der Waals surface area (Å²) in [4.78, 5) is 10.5. The molecule has 0 aromatic carbocycles. The van der Waals surface area contributed by atoms with Gasteiger partial charge in [-0.3, -0.25) is 10.1 Å². The minimum Gasteiger partial charge on any atom is -0.501 e. The third-order valence-corrected chi connectivity index (χ3v) is 0.835. The molecule has 0 aliphatic heterocycles. The predicted molar refractivity (Wildman–Crippen MR) is 34.5 cm³/mol. The number of carbonyl (C=O) groups is 1. The van der Waals surface area contributed by atoms with Crippen LogP contribution in [0.25, 0.3) is 0 Å². The Morgan fingerprint density at radius 1 is 1.80 bits per heavy atom. The summed E-state index contributed by atoms with van der Waals surface area (Å²) < 4.78 is 4.66. The molecular weight excluding hydrogens is 132 g/mol. The van der Waals surface area contributed by atoms with Crippen molar-refractivity contribution in [1.29, 1.82) is 5.26 Å². The number of hydrogen-bond donors (Lipinski definition) is 1. The Balaban J connectivity index is 3.90. The third-order valence-electron chi connectivity index (χ3n) is 0.835. The fourth-order valence-electron chi connectivity index (χ4n) is 0.335. The molecule has 4 heteroatoms. The molecule has 0 fully saturated rings. The topological polar surface area (TPSA) is 62.1 Å². The number of hydrogen-bond acceptors (Lipinski definition) is 3. The van der Waals surface area contributed by atoms with Crippen LogP contribution in [0.1, 0.15) is 6.92 Å². The minimum absolute atomic E-state index is 0.466. The smallest absolute Gasteiger partial charge is 0.260 e. The van der Waals surface area contributed by atoms with Crippen LogP contribution in [0, 0.1) is 11.5 Å². The quantitative estimate of drug-likeness (QED) is 0.257. The van der Waals surface area contributed by atoms with Gasteiger partial charge in [0.15, 0.2) is 6.19 Å². The van der Waals surface area contributed by atoms with Gasteiger partial charge in [0.05, 0.1) is 12.9 Å². The summed E-state index contributed by atoms with van der Waals surface area (Å²) in [6.07, 6.45) is 2.69. The van der Waals surface area contributed by atoms with E-state index >= 15 is 0 Å². The second-order valence-electron chi connectivity index (χ2n) is 1.56. The molecule has 0 rings (SSSR count). The molecule has 0 unspecified atom stereocenters. The van der Waals surface area contributed by atoms with E-state index in [2.05, 4.69) is 4.74 Å². The summed E-state index contributed by atoms with van der Waals surface area (Å²) in [5.41, 5.74) is 0. The monoisotopic (exact) mass is 140 g/mol. The van der Waals surface area contributed by atoms with Crippen molar-refractivity contribution in [1.82, 2.24) is 5.32 Å². The third kappa shape index (κ3) is 3.50. The van der Waals surface area contributed by atoms with Crippen LogP contribution < -0.4 is 5.32 Å². The highest BCUT2D eigenvalue weighted by Gasteiger charge is 1.93. The van der Waals surface area contributed by atoms with Gasteiger partial charge in [0.25, 0.3) is 5.91 Å². The zero-order valence-electron chi connectivity index (χ0n) is 5.84. The summed E-state index contributed by atoms with van der Waals surface area (Å²) >= 11 is 0. The van der Waals surface area contributed by atoms with Crippen LogP contribution in [0.5, 0.6) is 0 Å². The Morgan fingerprint density at radius 3 is 2.80 bits per heavy atom. The highest BCUT2D eigenvalue weighted by molar-refractivity contribution is 5.88. The highest BCUT2D eigenvalue weighted by Crippen LogP contribution is 1.89. The second kappa shape index (κ2) is 4.39. The number of nitrogens with zero attached hydrogens (tertiary/aromatic N) is 1. The summed E-state index contributed by atoms with van der Waals surface area (Å²) in [5.74, 6) is -0.00500. The van der Waals surface area contributed by atoms with Crippen molar-refractivity contribution < 1.29 is 9.53 Å². The fourth-order valence-corrected chi connectivity index (χ4v) is 0.335. The number of methoxy groups -OCH3 is 1. The summed E-state index contributed by atoms with van der Waals surface area (Å²) in [6.45, 7) is 1.62. The van der Waals surface area contributed by atoms with Crippen molar-refractivity contribution in [2.24, 2.45) is 0 Å². The van der Waals surface area contributed by atoms with E-state index in [0.717, 1.165) is 0 Å². The zero-order valence-corrected chi connectivity index (χ0v) is 5.84. The molecule has 0 spiro atoms. The van der Waals surface area contributed by atoms with Crippen LogP contribution in [0.3, 0.4) is 0 Å². The van der Waals surface area contributed by atoms with E-state index < -0.39 is 5.91 Å². The Bertz CT molecular complexity index is 190. The number of ether oxygens (including phenoxy) is 1. The molecule has 0 heterocycles. The Labute approximate surface area is 59.1 Å². The van der Waals surface area contributed by atoms with Crippen molar-refractivity contribution in [3.8, 4) is 6.19 Å². The lowest BCUT2D eigenvalue weighted by atomic mass is 10.4. The van der Waals surface area contributed by atoms with Crippen LogP contribution in [0.2, 0.25) is 0 Å². The number of rotatable bonds is 2. The van der Waals surface area contributed by atoms with Gasteiger partial charge in [-0.05, 0) is 6.92 Å². The van der Waals surface area contributed by atoms with Crippen LogP contribution in [0.15, 0.2) is 11.8 Å². The number of carbonyl (C=O) groups excluding carboxylic acids is 1. The molecule has 0 aliphatic carbocycles. The predicted octanol–water partition coefficient (Wildman–Crippen LogP) is 0.134. The molecule has 0 bridgehead atoms. The van der Waals surface area contributed by atoms with Gasteiger partial charge in [-0.2, -0.15) is 5.26 Å². The number of allylic oxidation sites excluding steroid dienone is 1. The molecule has 0 atom stereocenters. The van der Waals surface area contributed by atoms with E-state index in [1.807, 2.05) is 5.32 Å². The summed E-state index contributed by atoms with van der Waals surface area (Å²) in [7, 11) is 1.45. The van der Waals surface area contributed by atoms with Crippen molar-refractivity contribution in [2.45, 2.75) is 6.92 Å². The normalized spacial score (nSPS) is 9.90. The second-order valence-corrected chi connectivity index (χ2v) is 1.56. The van der Waals surface area contributed by atoms with Crippen molar-refractivity contribution in [2.75, 3.05) is 7.11 Å². The van der Waals surface area contributed by atoms with Gasteiger partial charge in [-0.25, -0.2) is 0 Å². The van der Waals surface area contributed by atoms with Gasteiger partial charge < -0.3 is 4.74 Å². The molecule has 0 saturated carbocycles. The molecule has 54 valence electrons. The minimum atomic E-state index is -0.471. The molecular formula is C6H8N2O2. The van der Waals surface area contributed by atoms with Gasteiger partial charge in [0.2, 0.25) is 0 Å². The first-order chi connectivity index (χ1) is 4.70. The molecule has 0 radical (unpaired) electrons. The van der Waals surface area contributed by atoms with Crippen LogP contribution >= 0.6 is 0 Å². The number of amides is 1. The van der Waals surface area contributed by atoms with Gasteiger partial charge in [-0.1, -0.05) is 0 Å². The van der Waals surface area contributed by atoms with E-state index in [0.29, 0.717) is 5.76 Å². The molecule has 4 nitrogen and oxygen atoms in total. The van der Waals surface area contributed by atoms with Crippen molar-refractivity contribution in [3.63, 3.8) is 0 Å². The first-order valence-electron chi connectivity index (χ1n) is 2.62. The number of nitrogens with one attached hydrogen (secondary N) is 1. The summed E-state index contributed by atoms with van der Waals surface area (Å²) in [6, 6.07) is 0. The molecule has 10 heavy (non-hydrogen) atoms. The first kappa shape index (κ1) is 8.50. The Morgan fingerprint density at radius 2 is 2.40 bits per heavy atom. The van der Waals surface area contributed by atoms with Crippen LogP contribution in [-0.2, 0) is 9.53 Å². The maximum Gasteiger partial charge on any atom is 0.260 e. The molecule has 0 aliphatic rings. The lowest BCUT2D eigenvalue weighted by molar-refractivity contribution is -0.115. The highest BCUT2D eigenvalue weighted by atomic mass is 16.5. The number of nitriles is 1. The van der Waals surface area contributed by atoms with E-state index in [1.165, 1.54) is 19.4 Å². The Kier molecular flexibility index (Phi) is 3.73. The van der Waals surface area contributed by atoms with Crippen molar-refractivity contribution in [3.05, 3.63) is 11.8 Å². The molecule has 0 aromatic rings. The van der Waals surface area contributed by atoms with E-state index in [-0.39, 0.29) is 0 Å². The van der Waals surface area contributed by atoms with Gasteiger partial charge in [0.1, 0.15) is 0 Å². The van der Waals surface area contributed by atoms with E-state index in [1.54, 1.807) is 6.92 Å². The summed E-state index contributed by atoms with van der Waals surface area (Å²) in [5, 5.41) is 9.89. The van der Waals surface area contributed by atoms with Crippen molar-refractivity contribution >= 4 is 5.91 Å². The van der Waals surface area contributed by atoms with Crippen LogP contribution in [-0.4, -0.2) is 13.0 Å². The van der Waals surface area contributed by atoms with Gasteiger partial charge in [0, 0.05) is 6.08 Å². The maximum atomic E-state index is 10.5. The lowest BCUT2D eigenvalue weighted by Crippen LogP contribution is -2.14. The van der Waals surface area contributed by atoms with E-state index in [9.17, 15) is 4.79 Å². The fraction of sp³-hybridized carbons (Fsp3) is 0.333. The molecule has 0 saturated heterocycles. The standard InChI is InChI=1S/C6H8N2O2/c1-5(10-2)3-6(9)8-4-7/h3H,1-2H3,(H,8,9).